The fourth-order valence-corrected chi connectivity index (χ4v) is 3.61. The van der Waals surface area contributed by atoms with Crippen LogP contribution in [0.15, 0.2) is 42.6 Å². The summed E-state index contributed by atoms with van der Waals surface area (Å²) in [7, 11) is 0. The third-order valence-corrected chi connectivity index (χ3v) is 5.84. The Morgan fingerprint density at radius 2 is 1.51 bits per heavy atom. The van der Waals surface area contributed by atoms with Crippen molar-refractivity contribution >= 4 is 29.0 Å². The minimum atomic E-state index is -5.19. The average molecular weight is 592 g/mol. The number of fused-ring (bicyclic) bond motifs is 1. The number of hydrogen-bond acceptors (Lipinski definition) is 6. The van der Waals surface area contributed by atoms with Gasteiger partial charge in [-0.3, -0.25) is 4.79 Å². The summed E-state index contributed by atoms with van der Waals surface area (Å²) in [6.45, 7) is 8.49. The van der Waals surface area contributed by atoms with E-state index in [0.29, 0.717) is 5.82 Å². The number of nitrogens with one attached hydrogen (secondary N) is 3. The van der Waals surface area contributed by atoms with Crippen LogP contribution in [0.2, 0.25) is 0 Å². The maximum Gasteiger partial charge on any atom is 0.430 e. The van der Waals surface area contributed by atoms with Crippen LogP contribution in [-0.4, -0.2) is 61.5 Å². The number of amides is 1. The van der Waals surface area contributed by atoms with Gasteiger partial charge >= 0.3 is 24.1 Å². The van der Waals surface area contributed by atoms with Crippen molar-refractivity contribution < 1.29 is 65.0 Å². The van der Waals surface area contributed by atoms with E-state index < -0.39 is 24.3 Å². The first-order valence-corrected chi connectivity index (χ1v) is 11.9. The first-order chi connectivity index (χ1) is 19.0. The van der Waals surface area contributed by atoms with Crippen molar-refractivity contribution in [1.82, 2.24) is 4.98 Å². The number of halogens is 6. The van der Waals surface area contributed by atoms with Crippen molar-refractivity contribution in [1.29, 1.82) is 0 Å². The number of anilines is 1. The largest absolute Gasteiger partial charge is 0.542 e. The van der Waals surface area contributed by atoms with Crippen LogP contribution in [0.3, 0.4) is 0 Å². The molecule has 1 aliphatic heterocycles. The Morgan fingerprint density at radius 3 is 2.05 bits per heavy atom. The number of quaternary nitrogens is 1. The van der Waals surface area contributed by atoms with Gasteiger partial charge in [0.2, 0.25) is 5.69 Å². The molecule has 3 aromatic rings. The van der Waals surface area contributed by atoms with E-state index in [0.717, 1.165) is 60.9 Å². The lowest BCUT2D eigenvalue weighted by atomic mass is 10.1. The highest BCUT2D eigenvalue weighted by atomic mass is 19.4. The van der Waals surface area contributed by atoms with Crippen LogP contribution in [0, 0.1) is 13.8 Å². The van der Waals surface area contributed by atoms with Crippen LogP contribution >= 0.6 is 0 Å². The molecule has 4 rings (SSSR count). The van der Waals surface area contributed by atoms with Crippen molar-refractivity contribution in [3.8, 4) is 0 Å². The third kappa shape index (κ3) is 9.75. The molecule has 1 aromatic carbocycles. The Hall–Kier alpha value is -4.18. The molecular formula is C25H26F6N4O6. The predicted molar refractivity (Wildman–Crippen MR) is 125 cm³/mol. The van der Waals surface area contributed by atoms with Crippen LogP contribution in [0.1, 0.15) is 27.4 Å². The summed E-state index contributed by atoms with van der Waals surface area (Å²) < 4.78 is 70.5. The number of carbonyl (C=O) groups excluding carboxylic acids is 3. The number of morpholine rings is 1. The Balaban J connectivity index is 0.000000349. The smallest absolute Gasteiger partial charge is 0.430 e. The first-order valence-electron chi connectivity index (χ1n) is 11.9. The van der Waals surface area contributed by atoms with Gasteiger partial charge in [-0.15, -0.1) is 0 Å². The van der Waals surface area contributed by atoms with Gasteiger partial charge in [0.25, 0.3) is 0 Å². The first kappa shape index (κ1) is 33.0. The number of pyridine rings is 1. The molecule has 1 aliphatic rings. The molecule has 0 bridgehead atoms. The van der Waals surface area contributed by atoms with Crippen molar-refractivity contribution in [3.63, 3.8) is 0 Å². The highest BCUT2D eigenvalue weighted by Crippen LogP contribution is 2.19. The van der Waals surface area contributed by atoms with Crippen molar-refractivity contribution in [2.75, 3.05) is 31.6 Å². The van der Waals surface area contributed by atoms with Gasteiger partial charge in [0.1, 0.15) is 31.6 Å². The van der Waals surface area contributed by atoms with Gasteiger partial charge in [-0.25, -0.2) is 4.98 Å². The van der Waals surface area contributed by atoms with Gasteiger partial charge in [0.05, 0.1) is 19.4 Å². The van der Waals surface area contributed by atoms with E-state index in [1.54, 1.807) is 0 Å². The number of carboxylic acids is 2. The molecule has 3 N–H and O–H groups in total. The monoisotopic (exact) mass is 592 g/mol. The highest BCUT2D eigenvalue weighted by Gasteiger charge is 2.30. The minimum absolute atomic E-state index is 0.131. The fourth-order valence-electron chi connectivity index (χ4n) is 3.61. The molecule has 41 heavy (non-hydrogen) atoms. The van der Waals surface area contributed by atoms with Crippen LogP contribution in [0.5, 0.6) is 0 Å². The van der Waals surface area contributed by atoms with Gasteiger partial charge in [0, 0.05) is 5.69 Å². The molecule has 0 unspecified atom stereocenters. The molecule has 16 heteroatoms. The Bertz CT molecular complexity index is 1340. The number of alkyl halides is 6. The lowest BCUT2D eigenvalue weighted by Crippen LogP contribution is -3.12. The second-order valence-corrected chi connectivity index (χ2v) is 8.72. The number of aromatic nitrogens is 2. The number of hydrogen-bond donors (Lipinski definition) is 3. The highest BCUT2D eigenvalue weighted by molar-refractivity contribution is 6.01. The summed E-state index contributed by atoms with van der Waals surface area (Å²) in [6, 6.07) is 12.0. The van der Waals surface area contributed by atoms with Gasteiger partial charge in [-0.1, -0.05) is 18.2 Å². The second kappa shape index (κ2) is 13.9. The fraction of sp³-hybridized carbons (Fsp3) is 0.360. The third-order valence-electron chi connectivity index (χ3n) is 5.84. The molecule has 1 saturated heterocycles. The van der Waals surface area contributed by atoms with Crippen LogP contribution in [0.4, 0.5) is 32.0 Å². The number of H-pyrrole nitrogens is 1. The lowest BCUT2D eigenvalue weighted by Gasteiger charge is -2.22. The molecule has 0 aliphatic carbocycles. The maximum atomic E-state index is 13.0. The number of aryl methyl sites for hydroxylation is 1. The molecular weight excluding hydrogens is 566 g/mol. The van der Waals surface area contributed by atoms with E-state index in [1.807, 2.05) is 54.8 Å². The normalized spacial score (nSPS) is 13.9. The Kier molecular flexibility index (Phi) is 11.2. The number of nitrogens with zero attached hydrogens (tertiary/aromatic N) is 1. The standard InChI is InChI=1S/C21H24N4O2.2C2HF3O2/c1-15-6-5-7-17(16(15)2)23-21(26)20-22-18(14-24-10-12-27-13-11-24)19-8-3-4-9-25(19)20;2*3-2(4,5)1(6)7/h3-9H,10-14H2,1-2H3,(H,23,26);2*(H,6,7). The molecule has 1 amide bonds. The number of imidazole rings is 1. The molecule has 0 saturated carbocycles. The van der Waals surface area contributed by atoms with Gasteiger partial charge in [-0.05, 0) is 43.2 Å². The van der Waals surface area contributed by atoms with Crippen molar-refractivity contribution in [2.24, 2.45) is 0 Å². The van der Waals surface area contributed by atoms with Crippen LogP contribution < -0.4 is 24.8 Å². The summed E-state index contributed by atoms with van der Waals surface area (Å²) in [5.74, 6) is -5.60. The average Bonchev–Trinajstić information content (AvgIpc) is 3.25. The van der Waals surface area contributed by atoms with E-state index in [2.05, 4.69) is 16.4 Å². The second-order valence-electron chi connectivity index (χ2n) is 8.72. The summed E-state index contributed by atoms with van der Waals surface area (Å²) in [5.41, 5.74) is 5.22. The number of rotatable bonds is 4. The number of ether oxygens (including phenoxy) is 1. The predicted octanol–water partition coefficient (Wildman–Crippen LogP) is -0.365. The Labute approximate surface area is 229 Å². The summed E-state index contributed by atoms with van der Waals surface area (Å²) in [4.78, 5) is 35.4. The number of carboxylic acid groups (broad SMARTS) is 2. The summed E-state index contributed by atoms with van der Waals surface area (Å²) in [5, 5.41) is 20.6. The topological polar surface area (TPSA) is 143 Å². The summed E-state index contributed by atoms with van der Waals surface area (Å²) in [6.07, 6.45) is -8.46. The van der Waals surface area contributed by atoms with E-state index in [-0.39, 0.29) is 5.91 Å². The van der Waals surface area contributed by atoms with Crippen LogP contribution in [0.25, 0.3) is 5.52 Å². The maximum absolute atomic E-state index is 13.0. The van der Waals surface area contributed by atoms with Gasteiger partial charge in [0.15, 0.2) is 5.52 Å². The lowest BCUT2D eigenvalue weighted by molar-refractivity contribution is -0.921. The molecule has 10 nitrogen and oxygen atoms in total. The molecule has 0 spiro atoms. The Morgan fingerprint density at radius 1 is 0.951 bits per heavy atom. The minimum Gasteiger partial charge on any atom is -0.542 e. The van der Waals surface area contributed by atoms with E-state index >= 15 is 0 Å². The summed E-state index contributed by atoms with van der Waals surface area (Å²) >= 11 is 0. The SMILES string of the molecule is Cc1cccc(NC(=O)c2[nH]c(C[NH+]3CCOCC3)c3cccc[n+]23)c1C.O=C([O-])C(F)(F)F.O=C([O-])C(F)(F)F. The molecule has 3 heterocycles. The zero-order valence-corrected chi connectivity index (χ0v) is 21.7. The number of aromatic amines is 1. The van der Waals surface area contributed by atoms with Crippen molar-refractivity contribution in [2.45, 2.75) is 32.7 Å². The quantitative estimate of drug-likeness (QED) is 0.279. The van der Waals surface area contributed by atoms with Crippen LogP contribution in [-0.2, 0) is 20.9 Å². The zero-order valence-electron chi connectivity index (χ0n) is 21.7. The molecule has 0 atom stereocenters. The van der Waals surface area contributed by atoms with Crippen molar-refractivity contribution in [3.05, 3.63) is 65.2 Å². The molecule has 0 radical (unpaired) electrons. The van der Waals surface area contributed by atoms with Gasteiger partial charge in [-0.2, -0.15) is 30.7 Å². The number of carbonyl (C=O) groups is 3. The van der Waals surface area contributed by atoms with E-state index in [9.17, 15) is 31.1 Å². The molecule has 2 aromatic heterocycles. The number of aliphatic carboxylic acids is 2. The van der Waals surface area contributed by atoms with E-state index in [4.69, 9.17) is 24.5 Å². The number of benzene rings is 1. The molecule has 224 valence electrons. The van der Waals surface area contributed by atoms with Gasteiger partial charge < -0.3 is 34.8 Å². The molecule has 1 fully saturated rings. The van der Waals surface area contributed by atoms with E-state index in [1.165, 1.54) is 4.90 Å². The zero-order chi connectivity index (χ0) is 31.0.